The fourth-order valence-corrected chi connectivity index (χ4v) is 5.53. The van der Waals surface area contributed by atoms with Crippen LogP contribution in [0.3, 0.4) is 0 Å². The standard InChI is InChI=1S/C27H29FN2O7S/c1-4-22(18-5-11-23(34-2)25(15-18)35-3)29-27(31)17-30(20-8-6-19(28)7-9-20)38(32,33)21-10-12-24-26(16-21)37-14-13-36-24/h5-12,15-16,22H,4,13-14,17H2,1-3H3,(H,29,31). The first-order valence-electron chi connectivity index (χ1n) is 12.0. The monoisotopic (exact) mass is 544 g/mol. The molecule has 1 N–H and O–H groups in total. The Balaban J connectivity index is 1.63. The molecule has 0 saturated heterocycles. The van der Waals surface area contributed by atoms with Crippen LogP contribution in [0.1, 0.15) is 24.9 Å². The number of sulfonamides is 1. The maximum Gasteiger partial charge on any atom is 0.264 e. The fraction of sp³-hybridized carbons (Fsp3) is 0.296. The Morgan fingerprint density at radius 2 is 1.66 bits per heavy atom. The van der Waals surface area contributed by atoms with Gasteiger partial charge in [-0.3, -0.25) is 9.10 Å². The summed E-state index contributed by atoms with van der Waals surface area (Å²) in [5.74, 6) is 0.700. The lowest BCUT2D eigenvalue weighted by Gasteiger charge is -2.26. The predicted octanol–water partition coefficient (Wildman–Crippen LogP) is 4.08. The van der Waals surface area contributed by atoms with Crippen molar-refractivity contribution >= 4 is 21.6 Å². The Morgan fingerprint density at radius 1 is 0.974 bits per heavy atom. The van der Waals surface area contributed by atoms with Gasteiger partial charge >= 0.3 is 0 Å². The third-order valence-corrected chi connectivity index (χ3v) is 7.83. The third-order valence-electron chi connectivity index (χ3n) is 6.06. The van der Waals surface area contributed by atoms with Crippen LogP contribution in [0, 0.1) is 5.82 Å². The van der Waals surface area contributed by atoms with Gasteiger partial charge in [-0.2, -0.15) is 0 Å². The van der Waals surface area contributed by atoms with E-state index in [0.717, 1.165) is 22.0 Å². The topological polar surface area (TPSA) is 103 Å². The molecule has 0 spiro atoms. The van der Waals surface area contributed by atoms with E-state index < -0.39 is 34.3 Å². The summed E-state index contributed by atoms with van der Waals surface area (Å²) in [5.41, 5.74) is 0.900. The zero-order valence-corrected chi connectivity index (χ0v) is 22.1. The Labute approximate surface area is 221 Å². The van der Waals surface area contributed by atoms with Crippen LogP contribution in [-0.2, 0) is 14.8 Å². The number of carbonyl (C=O) groups excluding carboxylic acids is 1. The maximum absolute atomic E-state index is 13.7. The lowest BCUT2D eigenvalue weighted by atomic mass is 10.0. The van der Waals surface area contributed by atoms with E-state index >= 15 is 0 Å². The molecular formula is C27H29FN2O7S. The fourth-order valence-electron chi connectivity index (χ4n) is 4.09. The van der Waals surface area contributed by atoms with Gasteiger partial charge in [0.2, 0.25) is 5.91 Å². The highest BCUT2D eigenvalue weighted by atomic mass is 32.2. The molecule has 1 aliphatic heterocycles. The highest BCUT2D eigenvalue weighted by molar-refractivity contribution is 7.92. The Kier molecular flexibility index (Phi) is 8.26. The molecule has 1 amide bonds. The number of amides is 1. The number of hydrogen-bond acceptors (Lipinski definition) is 7. The molecule has 3 aromatic rings. The van der Waals surface area contributed by atoms with E-state index in [9.17, 15) is 17.6 Å². The normalized spacial score (nSPS) is 13.4. The van der Waals surface area contributed by atoms with E-state index in [0.29, 0.717) is 36.0 Å². The van der Waals surface area contributed by atoms with E-state index in [1.807, 2.05) is 6.92 Å². The molecular weight excluding hydrogens is 515 g/mol. The minimum atomic E-state index is -4.24. The average Bonchev–Trinajstić information content (AvgIpc) is 2.94. The van der Waals surface area contributed by atoms with E-state index in [1.165, 1.54) is 44.6 Å². The molecule has 1 atom stereocenters. The average molecular weight is 545 g/mol. The number of rotatable bonds is 10. The predicted molar refractivity (Wildman–Crippen MR) is 139 cm³/mol. The molecule has 3 aromatic carbocycles. The molecule has 0 fully saturated rings. The third kappa shape index (κ3) is 5.77. The minimum Gasteiger partial charge on any atom is -0.493 e. The molecule has 1 aliphatic rings. The number of ether oxygens (including phenoxy) is 4. The van der Waals surface area contributed by atoms with Crippen LogP contribution >= 0.6 is 0 Å². The van der Waals surface area contributed by atoms with Gasteiger partial charge < -0.3 is 24.3 Å². The number of fused-ring (bicyclic) bond motifs is 1. The van der Waals surface area contributed by atoms with Crippen molar-refractivity contribution in [1.82, 2.24) is 5.32 Å². The van der Waals surface area contributed by atoms with Crippen molar-refractivity contribution in [1.29, 1.82) is 0 Å². The molecule has 4 rings (SSSR count). The molecule has 0 radical (unpaired) electrons. The second kappa shape index (κ2) is 11.6. The van der Waals surface area contributed by atoms with Crippen LogP contribution in [0.4, 0.5) is 10.1 Å². The van der Waals surface area contributed by atoms with Crippen LogP contribution in [0.15, 0.2) is 65.6 Å². The summed E-state index contributed by atoms with van der Waals surface area (Å²) >= 11 is 0. The molecule has 0 aromatic heterocycles. The molecule has 0 saturated carbocycles. The maximum atomic E-state index is 13.7. The van der Waals surface area contributed by atoms with Gasteiger partial charge in [0.05, 0.1) is 30.8 Å². The van der Waals surface area contributed by atoms with Gasteiger partial charge in [0.25, 0.3) is 10.0 Å². The van der Waals surface area contributed by atoms with Gasteiger partial charge in [-0.25, -0.2) is 12.8 Å². The smallest absolute Gasteiger partial charge is 0.264 e. The van der Waals surface area contributed by atoms with Crippen molar-refractivity contribution in [3.05, 3.63) is 72.0 Å². The van der Waals surface area contributed by atoms with Gasteiger partial charge in [-0.15, -0.1) is 0 Å². The summed E-state index contributed by atoms with van der Waals surface area (Å²) in [6.07, 6.45) is 0.534. The highest BCUT2D eigenvalue weighted by Gasteiger charge is 2.30. The van der Waals surface area contributed by atoms with Crippen LogP contribution in [0.2, 0.25) is 0 Å². The number of nitrogens with one attached hydrogen (secondary N) is 1. The summed E-state index contributed by atoms with van der Waals surface area (Å²) < 4.78 is 63.7. The first-order chi connectivity index (χ1) is 18.3. The molecule has 38 heavy (non-hydrogen) atoms. The molecule has 0 bridgehead atoms. The first kappa shape index (κ1) is 27.1. The molecule has 0 aliphatic carbocycles. The quantitative estimate of drug-likeness (QED) is 0.410. The SMILES string of the molecule is CCC(NC(=O)CN(c1ccc(F)cc1)S(=O)(=O)c1ccc2c(c1)OCCO2)c1ccc(OC)c(OC)c1. The van der Waals surface area contributed by atoms with Crippen LogP contribution in [0.5, 0.6) is 23.0 Å². The van der Waals surface area contributed by atoms with E-state index in [2.05, 4.69) is 5.32 Å². The van der Waals surface area contributed by atoms with Gasteiger partial charge in [0.15, 0.2) is 23.0 Å². The summed E-state index contributed by atoms with van der Waals surface area (Å²) in [4.78, 5) is 13.1. The number of methoxy groups -OCH3 is 2. The van der Waals surface area contributed by atoms with Crippen LogP contribution in [0.25, 0.3) is 0 Å². The number of anilines is 1. The summed E-state index contributed by atoms with van der Waals surface area (Å²) in [7, 11) is -1.20. The number of benzene rings is 3. The van der Waals surface area contributed by atoms with Crippen molar-refractivity contribution in [3.8, 4) is 23.0 Å². The number of carbonyl (C=O) groups is 1. The lowest BCUT2D eigenvalue weighted by molar-refractivity contribution is -0.120. The van der Waals surface area contributed by atoms with Gasteiger partial charge in [-0.1, -0.05) is 13.0 Å². The summed E-state index contributed by atoms with van der Waals surface area (Å²) in [6, 6.07) is 14.0. The second-order valence-corrected chi connectivity index (χ2v) is 10.3. The van der Waals surface area contributed by atoms with Crippen molar-refractivity contribution in [2.75, 3.05) is 38.3 Å². The Hall–Kier alpha value is -3.99. The molecule has 1 heterocycles. The molecule has 9 nitrogen and oxygen atoms in total. The Morgan fingerprint density at radius 3 is 2.32 bits per heavy atom. The largest absolute Gasteiger partial charge is 0.493 e. The van der Waals surface area contributed by atoms with E-state index in [-0.39, 0.29) is 17.2 Å². The van der Waals surface area contributed by atoms with Crippen LogP contribution in [-0.4, -0.2) is 48.3 Å². The lowest BCUT2D eigenvalue weighted by Crippen LogP contribution is -2.42. The van der Waals surface area contributed by atoms with Gasteiger partial charge in [0.1, 0.15) is 25.6 Å². The van der Waals surface area contributed by atoms with Crippen molar-refractivity contribution in [2.45, 2.75) is 24.3 Å². The summed E-state index contributed by atoms with van der Waals surface area (Å²) in [6.45, 7) is 2.01. The van der Waals surface area contributed by atoms with E-state index in [1.54, 1.807) is 18.2 Å². The first-order valence-corrected chi connectivity index (χ1v) is 13.4. The molecule has 1 unspecified atom stereocenters. The zero-order chi connectivity index (χ0) is 27.3. The van der Waals surface area contributed by atoms with E-state index in [4.69, 9.17) is 18.9 Å². The number of hydrogen-bond donors (Lipinski definition) is 1. The van der Waals surface area contributed by atoms with Gasteiger partial charge in [-0.05, 0) is 60.5 Å². The van der Waals surface area contributed by atoms with Crippen molar-refractivity contribution in [3.63, 3.8) is 0 Å². The Bertz CT molecular complexity index is 1400. The highest BCUT2D eigenvalue weighted by Crippen LogP contribution is 2.35. The molecule has 11 heteroatoms. The minimum absolute atomic E-state index is 0.0918. The van der Waals surface area contributed by atoms with Crippen molar-refractivity contribution < 1.29 is 36.6 Å². The van der Waals surface area contributed by atoms with Crippen molar-refractivity contribution in [2.24, 2.45) is 0 Å². The van der Waals surface area contributed by atoms with Gasteiger partial charge in [0, 0.05) is 6.07 Å². The number of halogens is 1. The summed E-state index contributed by atoms with van der Waals surface area (Å²) in [5, 5.41) is 2.90. The van der Waals surface area contributed by atoms with Crippen LogP contribution < -0.4 is 28.6 Å². The second-order valence-electron chi connectivity index (χ2n) is 8.44. The number of nitrogens with zero attached hydrogens (tertiary/aromatic N) is 1. The molecule has 202 valence electrons. The zero-order valence-electron chi connectivity index (χ0n) is 21.3.